The van der Waals surface area contributed by atoms with Gasteiger partial charge in [-0.25, -0.2) is 9.18 Å². The van der Waals surface area contributed by atoms with Gasteiger partial charge in [-0.15, -0.1) is 0 Å². The van der Waals surface area contributed by atoms with E-state index >= 15 is 0 Å². The van der Waals surface area contributed by atoms with Crippen molar-refractivity contribution in [2.45, 2.75) is 33.2 Å². The summed E-state index contributed by atoms with van der Waals surface area (Å²) in [5.74, 6) is -0.544. The summed E-state index contributed by atoms with van der Waals surface area (Å²) in [6, 6.07) is 2.63. The zero-order chi connectivity index (χ0) is 14.6. The second-order valence-electron chi connectivity index (χ2n) is 5.09. The smallest absolute Gasteiger partial charge is 0.340 e. The minimum atomic E-state index is -0.572. The topological polar surface area (TPSA) is 64.3 Å². The summed E-state index contributed by atoms with van der Waals surface area (Å²) >= 11 is 0. The van der Waals surface area contributed by atoms with Crippen LogP contribution in [0.5, 0.6) is 0 Å². The third kappa shape index (κ3) is 4.12. The Bertz CT molecular complexity index is 461. The fourth-order valence-corrected chi connectivity index (χ4v) is 2.02. The zero-order valence-corrected chi connectivity index (χ0v) is 11.8. The van der Waals surface area contributed by atoms with Gasteiger partial charge in [0.15, 0.2) is 0 Å². The van der Waals surface area contributed by atoms with Gasteiger partial charge in [-0.3, -0.25) is 0 Å². The fraction of sp³-hybridized carbons (Fsp3) is 0.500. The van der Waals surface area contributed by atoms with Crippen LogP contribution < -0.4 is 11.1 Å². The standard InChI is InChI=1S/C14H21FN2O2/c1-8(2)5-9(3)17-13-6-10(14(18)19-4)12(16)7-11(13)15/h6-9,17H,5,16H2,1-4H3. The average molecular weight is 268 g/mol. The van der Waals surface area contributed by atoms with Crippen molar-refractivity contribution in [2.75, 3.05) is 18.2 Å². The SMILES string of the molecule is COC(=O)c1cc(NC(C)CC(C)C)c(F)cc1N. The third-order valence-corrected chi connectivity index (χ3v) is 2.77. The molecule has 0 bridgehead atoms. The second-order valence-corrected chi connectivity index (χ2v) is 5.09. The number of carbonyl (C=O) groups excluding carboxylic acids is 1. The summed E-state index contributed by atoms with van der Waals surface area (Å²) in [6.45, 7) is 6.16. The number of benzene rings is 1. The number of ether oxygens (including phenoxy) is 1. The summed E-state index contributed by atoms with van der Waals surface area (Å²) in [5.41, 5.74) is 6.12. The molecule has 0 aromatic heterocycles. The average Bonchev–Trinajstić information content (AvgIpc) is 2.30. The van der Waals surface area contributed by atoms with Crippen LogP contribution in [0.25, 0.3) is 0 Å². The van der Waals surface area contributed by atoms with Crippen LogP contribution in [0.3, 0.4) is 0 Å². The molecule has 0 aliphatic heterocycles. The first-order chi connectivity index (χ1) is 8.85. The predicted octanol–water partition coefficient (Wildman–Crippen LogP) is 3.04. The minimum absolute atomic E-state index is 0.0754. The molecule has 106 valence electrons. The lowest BCUT2D eigenvalue weighted by Crippen LogP contribution is -2.19. The summed E-state index contributed by atoms with van der Waals surface area (Å²) < 4.78 is 18.4. The van der Waals surface area contributed by atoms with E-state index < -0.39 is 11.8 Å². The molecule has 0 heterocycles. The zero-order valence-electron chi connectivity index (χ0n) is 11.8. The normalized spacial score (nSPS) is 12.3. The van der Waals surface area contributed by atoms with Gasteiger partial charge in [0.2, 0.25) is 0 Å². The monoisotopic (exact) mass is 268 g/mol. The molecule has 3 N–H and O–H groups in total. The van der Waals surface area contributed by atoms with Crippen molar-refractivity contribution in [1.29, 1.82) is 0 Å². The van der Waals surface area contributed by atoms with Gasteiger partial charge in [-0.2, -0.15) is 0 Å². The number of hydrogen-bond donors (Lipinski definition) is 2. The number of halogens is 1. The van der Waals surface area contributed by atoms with Gasteiger partial charge in [-0.1, -0.05) is 13.8 Å². The van der Waals surface area contributed by atoms with E-state index in [2.05, 4.69) is 23.9 Å². The molecule has 0 aliphatic carbocycles. The highest BCUT2D eigenvalue weighted by atomic mass is 19.1. The molecule has 1 aromatic carbocycles. The molecular weight excluding hydrogens is 247 g/mol. The molecule has 0 saturated carbocycles. The summed E-state index contributed by atoms with van der Waals surface area (Å²) in [4.78, 5) is 11.5. The highest BCUT2D eigenvalue weighted by Crippen LogP contribution is 2.24. The van der Waals surface area contributed by atoms with Crippen LogP contribution >= 0.6 is 0 Å². The van der Waals surface area contributed by atoms with Crippen molar-refractivity contribution in [3.63, 3.8) is 0 Å². The Kier molecular flexibility index (Phi) is 5.15. The third-order valence-electron chi connectivity index (χ3n) is 2.77. The van der Waals surface area contributed by atoms with E-state index in [9.17, 15) is 9.18 Å². The number of methoxy groups -OCH3 is 1. The van der Waals surface area contributed by atoms with Gasteiger partial charge >= 0.3 is 5.97 Å². The van der Waals surface area contributed by atoms with Crippen molar-refractivity contribution in [3.05, 3.63) is 23.5 Å². The lowest BCUT2D eigenvalue weighted by atomic mass is 10.0. The second kappa shape index (κ2) is 6.41. The van der Waals surface area contributed by atoms with Crippen LogP contribution in [-0.4, -0.2) is 19.1 Å². The molecule has 0 amide bonds. The van der Waals surface area contributed by atoms with E-state index in [4.69, 9.17) is 5.73 Å². The first-order valence-electron chi connectivity index (χ1n) is 6.29. The van der Waals surface area contributed by atoms with Crippen molar-refractivity contribution < 1.29 is 13.9 Å². The molecule has 1 aromatic rings. The summed E-state index contributed by atoms with van der Waals surface area (Å²) in [5, 5.41) is 3.05. The molecule has 19 heavy (non-hydrogen) atoms. The van der Waals surface area contributed by atoms with Crippen LogP contribution in [0.15, 0.2) is 12.1 Å². The van der Waals surface area contributed by atoms with Gasteiger partial charge in [0.25, 0.3) is 0 Å². The van der Waals surface area contributed by atoms with E-state index in [0.29, 0.717) is 5.92 Å². The Labute approximate surface area is 113 Å². The maximum absolute atomic E-state index is 13.8. The van der Waals surface area contributed by atoms with E-state index in [1.807, 2.05) is 6.92 Å². The molecule has 0 fully saturated rings. The number of anilines is 2. The highest BCUT2D eigenvalue weighted by Gasteiger charge is 2.16. The molecular formula is C14H21FN2O2. The van der Waals surface area contributed by atoms with Crippen molar-refractivity contribution >= 4 is 17.3 Å². The largest absolute Gasteiger partial charge is 0.465 e. The number of nitrogens with one attached hydrogen (secondary N) is 1. The lowest BCUT2D eigenvalue weighted by molar-refractivity contribution is 0.0602. The maximum atomic E-state index is 13.8. The Morgan fingerprint density at radius 3 is 2.58 bits per heavy atom. The molecule has 1 unspecified atom stereocenters. The predicted molar refractivity (Wildman–Crippen MR) is 74.7 cm³/mol. The van der Waals surface area contributed by atoms with Gasteiger partial charge < -0.3 is 15.8 Å². The number of nitrogen functional groups attached to an aromatic ring is 1. The Balaban J connectivity index is 2.98. The van der Waals surface area contributed by atoms with Crippen LogP contribution in [-0.2, 0) is 4.74 Å². The highest BCUT2D eigenvalue weighted by molar-refractivity contribution is 5.96. The van der Waals surface area contributed by atoms with Crippen LogP contribution in [0.2, 0.25) is 0 Å². The molecule has 5 heteroatoms. The number of esters is 1. The lowest BCUT2D eigenvalue weighted by Gasteiger charge is -2.18. The maximum Gasteiger partial charge on any atom is 0.340 e. The molecule has 1 atom stereocenters. The molecule has 0 spiro atoms. The number of hydrogen-bond acceptors (Lipinski definition) is 4. The molecule has 1 rings (SSSR count). The van der Waals surface area contributed by atoms with E-state index in [1.165, 1.54) is 13.2 Å². The Hall–Kier alpha value is -1.78. The molecule has 4 nitrogen and oxygen atoms in total. The van der Waals surface area contributed by atoms with E-state index in [-0.39, 0.29) is 23.0 Å². The number of nitrogens with two attached hydrogens (primary N) is 1. The Morgan fingerprint density at radius 1 is 1.42 bits per heavy atom. The molecule has 0 saturated heterocycles. The van der Waals surface area contributed by atoms with Crippen LogP contribution in [0, 0.1) is 11.7 Å². The van der Waals surface area contributed by atoms with Crippen LogP contribution in [0.1, 0.15) is 37.6 Å². The van der Waals surface area contributed by atoms with Crippen molar-refractivity contribution in [2.24, 2.45) is 5.92 Å². The quantitative estimate of drug-likeness (QED) is 0.636. The van der Waals surface area contributed by atoms with Gasteiger partial charge in [0.05, 0.1) is 18.4 Å². The molecule has 0 radical (unpaired) electrons. The summed E-state index contributed by atoms with van der Waals surface area (Å²) in [6.07, 6.45) is 0.900. The number of carbonyl (C=O) groups is 1. The van der Waals surface area contributed by atoms with E-state index in [0.717, 1.165) is 12.5 Å². The fourth-order valence-electron chi connectivity index (χ4n) is 2.02. The number of rotatable bonds is 5. The first-order valence-corrected chi connectivity index (χ1v) is 6.29. The first kappa shape index (κ1) is 15.3. The minimum Gasteiger partial charge on any atom is -0.465 e. The van der Waals surface area contributed by atoms with Crippen molar-refractivity contribution in [1.82, 2.24) is 0 Å². The van der Waals surface area contributed by atoms with Crippen LogP contribution in [0.4, 0.5) is 15.8 Å². The molecule has 0 aliphatic rings. The summed E-state index contributed by atoms with van der Waals surface area (Å²) in [7, 11) is 1.26. The van der Waals surface area contributed by atoms with Gasteiger partial charge in [-0.05, 0) is 31.4 Å². The van der Waals surface area contributed by atoms with E-state index in [1.54, 1.807) is 0 Å². The Morgan fingerprint density at radius 2 is 2.05 bits per heavy atom. The van der Waals surface area contributed by atoms with Gasteiger partial charge in [0.1, 0.15) is 5.82 Å². The van der Waals surface area contributed by atoms with Gasteiger partial charge in [0, 0.05) is 11.7 Å². The van der Waals surface area contributed by atoms with Crippen molar-refractivity contribution in [3.8, 4) is 0 Å².